The molecule has 1 heterocycles. The van der Waals surface area contributed by atoms with E-state index >= 15 is 0 Å². The molecule has 2 rings (SSSR count). The van der Waals surface area contributed by atoms with E-state index in [2.05, 4.69) is 42.4 Å². The van der Waals surface area contributed by atoms with Crippen molar-refractivity contribution in [2.45, 2.75) is 13.8 Å². The Bertz CT molecular complexity index is 372. The largest absolute Gasteiger partial charge is 0.463 e. The summed E-state index contributed by atoms with van der Waals surface area (Å²) in [6.07, 6.45) is 0. The Morgan fingerprint density at radius 3 is 2.93 bits per heavy atom. The predicted octanol–water partition coefficient (Wildman–Crippen LogP) is 2.10. The van der Waals surface area contributed by atoms with Gasteiger partial charge in [0.05, 0.1) is 6.54 Å². The number of benzene rings is 1. The van der Waals surface area contributed by atoms with Crippen molar-refractivity contribution in [2.24, 2.45) is 4.99 Å². The molecule has 0 unspecified atom stereocenters. The van der Waals surface area contributed by atoms with E-state index in [0.717, 1.165) is 12.2 Å². The number of amidine groups is 1. The van der Waals surface area contributed by atoms with E-state index in [4.69, 9.17) is 4.74 Å². The third-order valence-corrected chi connectivity index (χ3v) is 2.22. The zero-order valence-corrected chi connectivity index (χ0v) is 8.50. The molecular weight excluding hydrogens is 176 g/mol. The Morgan fingerprint density at radius 1 is 1.36 bits per heavy atom. The minimum atomic E-state index is 0.638. The fourth-order valence-electron chi connectivity index (χ4n) is 1.40. The van der Waals surface area contributed by atoms with Crippen molar-refractivity contribution < 1.29 is 4.74 Å². The number of ether oxygens (including phenoxy) is 1. The van der Waals surface area contributed by atoms with Crippen molar-refractivity contribution in [2.75, 3.05) is 18.5 Å². The molecule has 0 fully saturated rings. The van der Waals surface area contributed by atoms with Gasteiger partial charge in [-0.1, -0.05) is 12.1 Å². The Labute approximate surface area is 83.8 Å². The first-order valence-corrected chi connectivity index (χ1v) is 4.77. The molecule has 14 heavy (non-hydrogen) atoms. The average molecular weight is 190 g/mol. The van der Waals surface area contributed by atoms with Gasteiger partial charge in [0.1, 0.15) is 6.61 Å². The van der Waals surface area contributed by atoms with Gasteiger partial charge in [-0.25, -0.2) is 4.99 Å². The maximum absolute atomic E-state index is 5.29. The third-order valence-electron chi connectivity index (χ3n) is 2.22. The Morgan fingerprint density at radius 2 is 2.21 bits per heavy atom. The molecule has 0 amide bonds. The van der Waals surface area contributed by atoms with E-state index in [1.165, 1.54) is 11.1 Å². The van der Waals surface area contributed by atoms with Gasteiger partial charge >= 0.3 is 0 Å². The van der Waals surface area contributed by atoms with Gasteiger partial charge < -0.3 is 10.1 Å². The molecule has 74 valence electrons. The zero-order chi connectivity index (χ0) is 9.97. The first kappa shape index (κ1) is 9.06. The van der Waals surface area contributed by atoms with Crippen LogP contribution < -0.4 is 5.32 Å². The molecule has 1 aliphatic rings. The maximum Gasteiger partial charge on any atom is 0.289 e. The summed E-state index contributed by atoms with van der Waals surface area (Å²) in [5, 5.41) is 3.18. The highest BCUT2D eigenvalue weighted by molar-refractivity contribution is 5.90. The SMILES string of the molecule is Cc1ccc(C)c(NC2=NCCO2)c1. The van der Waals surface area contributed by atoms with Gasteiger partial charge in [-0.05, 0) is 31.0 Å². The number of hydrogen-bond donors (Lipinski definition) is 1. The van der Waals surface area contributed by atoms with Crippen LogP contribution in [-0.4, -0.2) is 19.2 Å². The van der Waals surface area contributed by atoms with Crippen LogP contribution in [0.25, 0.3) is 0 Å². The molecule has 1 N–H and O–H groups in total. The van der Waals surface area contributed by atoms with Crippen LogP contribution in [0.2, 0.25) is 0 Å². The van der Waals surface area contributed by atoms with Crippen LogP contribution in [0.1, 0.15) is 11.1 Å². The molecule has 3 nitrogen and oxygen atoms in total. The van der Waals surface area contributed by atoms with Gasteiger partial charge in [-0.15, -0.1) is 0 Å². The highest BCUT2D eigenvalue weighted by atomic mass is 16.5. The number of hydrogen-bond acceptors (Lipinski definition) is 3. The first-order valence-electron chi connectivity index (χ1n) is 4.77. The van der Waals surface area contributed by atoms with E-state index in [-0.39, 0.29) is 0 Å². The molecule has 1 aromatic rings. The van der Waals surface area contributed by atoms with Gasteiger partial charge in [-0.2, -0.15) is 0 Å². The molecule has 0 spiro atoms. The van der Waals surface area contributed by atoms with Gasteiger partial charge in [0.2, 0.25) is 0 Å². The van der Waals surface area contributed by atoms with Crippen molar-refractivity contribution in [1.82, 2.24) is 0 Å². The summed E-state index contributed by atoms with van der Waals surface area (Å²) in [4.78, 5) is 4.19. The number of nitrogens with zero attached hydrogens (tertiary/aromatic N) is 1. The van der Waals surface area contributed by atoms with E-state index in [9.17, 15) is 0 Å². The molecule has 1 aromatic carbocycles. The number of rotatable bonds is 1. The van der Waals surface area contributed by atoms with E-state index in [1.807, 2.05) is 0 Å². The van der Waals surface area contributed by atoms with Crippen LogP contribution in [0.15, 0.2) is 23.2 Å². The van der Waals surface area contributed by atoms with Crippen LogP contribution in [0.5, 0.6) is 0 Å². The third kappa shape index (κ3) is 1.87. The lowest BCUT2D eigenvalue weighted by Crippen LogP contribution is -2.12. The summed E-state index contributed by atoms with van der Waals surface area (Å²) in [6.45, 7) is 5.58. The molecule has 0 saturated heterocycles. The fourth-order valence-corrected chi connectivity index (χ4v) is 1.40. The fraction of sp³-hybridized carbons (Fsp3) is 0.364. The topological polar surface area (TPSA) is 33.6 Å². The van der Waals surface area contributed by atoms with Gasteiger partial charge in [0.25, 0.3) is 6.02 Å². The Balaban J connectivity index is 2.19. The summed E-state index contributed by atoms with van der Waals surface area (Å²) in [7, 11) is 0. The second-order valence-electron chi connectivity index (χ2n) is 3.48. The second kappa shape index (κ2) is 3.70. The van der Waals surface area contributed by atoms with Gasteiger partial charge in [0, 0.05) is 5.69 Å². The lowest BCUT2D eigenvalue weighted by atomic mass is 10.1. The zero-order valence-electron chi connectivity index (χ0n) is 8.50. The van der Waals surface area contributed by atoms with Crippen LogP contribution in [0, 0.1) is 13.8 Å². The Hall–Kier alpha value is -1.51. The predicted molar refractivity (Wildman–Crippen MR) is 57.8 cm³/mol. The second-order valence-corrected chi connectivity index (χ2v) is 3.48. The van der Waals surface area contributed by atoms with Crippen molar-refractivity contribution in [3.05, 3.63) is 29.3 Å². The lowest BCUT2D eigenvalue weighted by Gasteiger charge is -2.09. The highest BCUT2D eigenvalue weighted by Gasteiger charge is 2.08. The molecule has 0 radical (unpaired) electrons. The first-order chi connectivity index (χ1) is 6.75. The van der Waals surface area contributed by atoms with Crippen molar-refractivity contribution in [1.29, 1.82) is 0 Å². The van der Waals surface area contributed by atoms with Crippen LogP contribution >= 0.6 is 0 Å². The highest BCUT2D eigenvalue weighted by Crippen LogP contribution is 2.16. The van der Waals surface area contributed by atoms with E-state index in [0.29, 0.717) is 12.6 Å². The molecule has 0 bridgehead atoms. The summed E-state index contributed by atoms with van der Waals surface area (Å²) >= 11 is 0. The Kier molecular flexibility index (Phi) is 2.39. The van der Waals surface area contributed by atoms with Crippen LogP contribution in [0.4, 0.5) is 5.69 Å². The molecule has 0 aromatic heterocycles. The molecule has 3 heteroatoms. The van der Waals surface area contributed by atoms with Crippen LogP contribution in [-0.2, 0) is 4.74 Å². The smallest absolute Gasteiger partial charge is 0.289 e. The van der Waals surface area contributed by atoms with Crippen molar-refractivity contribution in [3.8, 4) is 0 Å². The van der Waals surface area contributed by atoms with E-state index < -0.39 is 0 Å². The summed E-state index contributed by atoms with van der Waals surface area (Å²) in [5.74, 6) is 0. The standard InChI is InChI=1S/C11H14N2O/c1-8-3-4-9(2)10(7-8)13-11-12-5-6-14-11/h3-4,7H,5-6H2,1-2H3,(H,12,13). The number of aliphatic imine (C=N–C) groups is 1. The quantitative estimate of drug-likeness (QED) is 0.735. The summed E-state index contributed by atoms with van der Waals surface area (Å²) in [5.41, 5.74) is 3.51. The number of anilines is 1. The summed E-state index contributed by atoms with van der Waals surface area (Å²) < 4.78 is 5.29. The van der Waals surface area contributed by atoms with Crippen LogP contribution in [0.3, 0.4) is 0 Å². The normalized spacial score (nSPS) is 14.9. The van der Waals surface area contributed by atoms with Gasteiger partial charge in [-0.3, -0.25) is 0 Å². The lowest BCUT2D eigenvalue weighted by molar-refractivity contribution is 0.346. The number of aryl methyl sites for hydroxylation is 2. The molecular formula is C11H14N2O. The van der Waals surface area contributed by atoms with Crippen molar-refractivity contribution >= 4 is 11.7 Å². The van der Waals surface area contributed by atoms with E-state index in [1.54, 1.807) is 0 Å². The summed E-state index contributed by atoms with van der Waals surface area (Å²) in [6, 6.07) is 6.92. The minimum absolute atomic E-state index is 0.638. The molecule has 1 aliphatic heterocycles. The minimum Gasteiger partial charge on any atom is -0.463 e. The average Bonchev–Trinajstić information content (AvgIpc) is 2.64. The molecule has 0 saturated carbocycles. The number of nitrogens with one attached hydrogen (secondary N) is 1. The molecule has 0 aliphatic carbocycles. The molecule has 0 atom stereocenters. The maximum atomic E-state index is 5.29. The van der Waals surface area contributed by atoms with Crippen molar-refractivity contribution in [3.63, 3.8) is 0 Å². The van der Waals surface area contributed by atoms with Gasteiger partial charge in [0.15, 0.2) is 0 Å². The monoisotopic (exact) mass is 190 g/mol.